The number of rotatable bonds is 10. The largest absolute Gasteiger partial charge is 0.493 e. The maximum Gasteiger partial charge on any atom is 0.343 e. The van der Waals surface area contributed by atoms with Gasteiger partial charge in [-0.1, -0.05) is 33.6 Å². The van der Waals surface area contributed by atoms with Crippen molar-refractivity contribution in [1.82, 2.24) is 5.43 Å². The van der Waals surface area contributed by atoms with E-state index in [0.717, 1.165) is 5.56 Å². The Morgan fingerprint density at radius 2 is 1.44 bits per heavy atom. The van der Waals surface area contributed by atoms with E-state index in [9.17, 15) is 14.4 Å². The molecule has 0 heterocycles. The molecule has 0 unspecified atom stereocenters. The minimum Gasteiger partial charge on any atom is -0.493 e. The number of ether oxygens (including phenoxy) is 4. The molecule has 0 atom stereocenters. The van der Waals surface area contributed by atoms with Gasteiger partial charge >= 0.3 is 5.97 Å². The van der Waals surface area contributed by atoms with Crippen LogP contribution in [0.3, 0.4) is 0 Å². The van der Waals surface area contributed by atoms with Crippen LogP contribution in [0.1, 0.15) is 42.2 Å². The van der Waals surface area contributed by atoms with Gasteiger partial charge in [-0.3, -0.25) is 9.59 Å². The molecular weight excluding hydrogens is 618 g/mol. The van der Waals surface area contributed by atoms with Crippen LogP contribution in [-0.2, 0) is 0 Å². The van der Waals surface area contributed by atoms with Gasteiger partial charge in [-0.15, -0.1) is 0 Å². The number of carbonyl (C=O) groups excluding carboxylic acids is 3. The van der Waals surface area contributed by atoms with Gasteiger partial charge in [0.05, 0.1) is 33.1 Å². The third kappa shape index (κ3) is 7.77. The number of amides is 2. The second-order valence-electron chi connectivity index (χ2n) is 9.09. The molecule has 0 aromatic heterocycles. The molecule has 220 valence electrons. The highest BCUT2D eigenvalue weighted by molar-refractivity contribution is 9.10. The summed E-state index contributed by atoms with van der Waals surface area (Å²) in [6.07, 6.45) is 1.36. The standard InChI is InChI=1S/C32H28BrN3O7/c1-19-6-5-7-21(14-19)30(37)35-25-11-8-20(9-12-25)31(38)36-34-18-23-15-24(33)10-13-26(23)43-32(39)22-16-27(40-2)29(42-4)28(17-22)41-3/h5-18H,1-4H3,(H,35,37)(H,36,38)/b34-18-. The zero-order valence-electron chi connectivity index (χ0n) is 23.8. The summed E-state index contributed by atoms with van der Waals surface area (Å²) in [5.41, 5.74) is 5.44. The highest BCUT2D eigenvalue weighted by Crippen LogP contribution is 2.38. The van der Waals surface area contributed by atoms with Gasteiger partial charge in [-0.05, 0) is 73.7 Å². The average molecular weight is 646 g/mol. The number of benzene rings is 4. The van der Waals surface area contributed by atoms with E-state index < -0.39 is 11.9 Å². The summed E-state index contributed by atoms with van der Waals surface area (Å²) in [5, 5.41) is 6.84. The Morgan fingerprint density at radius 1 is 0.744 bits per heavy atom. The second-order valence-corrected chi connectivity index (χ2v) is 10.0. The molecule has 4 rings (SSSR count). The molecule has 0 saturated heterocycles. The molecule has 4 aromatic rings. The quantitative estimate of drug-likeness (QED) is 0.0935. The Morgan fingerprint density at radius 3 is 2.07 bits per heavy atom. The number of nitrogens with zero attached hydrogens (tertiary/aromatic N) is 1. The van der Waals surface area contributed by atoms with Crippen LogP contribution in [0.4, 0.5) is 5.69 Å². The number of halogens is 1. The number of nitrogens with one attached hydrogen (secondary N) is 2. The fourth-order valence-electron chi connectivity index (χ4n) is 3.99. The molecule has 0 saturated carbocycles. The molecule has 2 N–H and O–H groups in total. The number of anilines is 1. The summed E-state index contributed by atoms with van der Waals surface area (Å²) in [6, 6.07) is 21.6. The third-order valence-electron chi connectivity index (χ3n) is 6.13. The number of methoxy groups -OCH3 is 3. The van der Waals surface area contributed by atoms with E-state index in [1.54, 1.807) is 54.6 Å². The third-order valence-corrected chi connectivity index (χ3v) is 6.62. The SMILES string of the molecule is COc1cc(C(=O)Oc2ccc(Br)cc2/C=N\NC(=O)c2ccc(NC(=O)c3cccc(C)c3)cc2)cc(OC)c1OC. The predicted molar refractivity (Wildman–Crippen MR) is 166 cm³/mol. The Labute approximate surface area is 256 Å². The van der Waals surface area contributed by atoms with E-state index in [2.05, 4.69) is 31.8 Å². The van der Waals surface area contributed by atoms with Gasteiger partial charge in [-0.25, -0.2) is 10.2 Å². The molecule has 0 radical (unpaired) electrons. The van der Waals surface area contributed by atoms with E-state index in [4.69, 9.17) is 18.9 Å². The van der Waals surface area contributed by atoms with E-state index in [1.165, 1.54) is 39.7 Å². The van der Waals surface area contributed by atoms with Crippen LogP contribution >= 0.6 is 15.9 Å². The molecule has 0 spiro atoms. The first-order valence-electron chi connectivity index (χ1n) is 12.9. The van der Waals surface area contributed by atoms with Crippen LogP contribution < -0.4 is 29.7 Å². The Kier molecular flexibility index (Phi) is 10.1. The van der Waals surface area contributed by atoms with Crippen molar-refractivity contribution in [2.24, 2.45) is 5.10 Å². The first kappa shape index (κ1) is 30.8. The molecule has 11 heteroatoms. The summed E-state index contributed by atoms with van der Waals surface area (Å²) in [7, 11) is 4.36. The Hall–Kier alpha value is -5.16. The number of carbonyl (C=O) groups is 3. The van der Waals surface area contributed by atoms with E-state index in [1.807, 2.05) is 19.1 Å². The molecule has 0 aliphatic carbocycles. The van der Waals surface area contributed by atoms with Crippen LogP contribution in [0.15, 0.2) is 88.4 Å². The monoisotopic (exact) mass is 645 g/mol. The van der Waals surface area contributed by atoms with Crippen LogP contribution in [0.2, 0.25) is 0 Å². The maximum absolute atomic E-state index is 13.0. The lowest BCUT2D eigenvalue weighted by molar-refractivity contribution is 0.0733. The highest BCUT2D eigenvalue weighted by Gasteiger charge is 2.19. The van der Waals surface area contributed by atoms with Gasteiger partial charge in [0.15, 0.2) is 11.5 Å². The van der Waals surface area contributed by atoms with Gasteiger partial charge in [-0.2, -0.15) is 5.10 Å². The summed E-state index contributed by atoms with van der Waals surface area (Å²) >= 11 is 3.39. The van der Waals surface area contributed by atoms with Crippen molar-refractivity contribution in [2.45, 2.75) is 6.92 Å². The first-order chi connectivity index (χ1) is 20.7. The van der Waals surface area contributed by atoms with Crippen molar-refractivity contribution < 1.29 is 33.3 Å². The predicted octanol–water partition coefficient (Wildman–Crippen LogP) is 6.02. The molecule has 43 heavy (non-hydrogen) atoms. The topological polar surface area (TPSA) is 125 Å². The van der Waals surface area contributed by atoms with Crippen molar-refractivity contribution in [2.75, 3.05) is 26.6 Å². The first-order valence-corrected chi connectivity index (χ1v) is 13.6. The molecule has 4 aromatic carbocycles. The van der Waals surface area contributed by atoms with Gasteiger partial charge in [0.1, 0.15) is 5.75 Å². The normalized spacial score (nSPS) is 10.6. The van der Waals surface area contributed by atoms with Crippen molar-refractivity contribution in [3.8, 4) is 23.0 Å². The lowest BCUT2D eigenvalue weighted by Crippen LogP contribution is -2.18. The molecule has 0 aliphatic heterocycles. The van der Waals surface area contributed by atoms with Gasteiger partial charge < -0.3 is 24.3 Å². The second kappa shape index (κ2) is 14.1. The lowest BCUT2D eigenvalue weighted by atomic mass is 10.1. The summed E-state index contributed by atoms with van der Waals surface area (Å²) < 4.78 is 22.3. The van der Waals surface area contributed by atoms with E-state index in [-0.39, 0.29) is 17.2 Å². The summed E-state index contributed by atoms with van der Waals surface area (Å²) in [4.78, 5) is 38.2. The number of hydrogen-bond acceptors (Lipinski definition) is 8. The average Bonchev–Trinajstić information content (AvgIpc) is 3.01. The number of esters is 1. The molecule has 0 aliphatic rings. The Balaban J connectivity index is 1.43. The lowest BCUT2D eigenvalue weighted by Gasteiger charge is -2.14. The number of hydrazone groups is 1. The minimum absolute atomic E-state index is 0.173. The minimum atomic E-state index is -0.671. The van der Waals surface area contributed by atoms with Crippen molar-refractivity contribution >= 4 is 45.6 Å². The molecule has 2 amide bonds. The van der Waals surface area contributed by atoms with Crippen molar-refractivity contribution in [3.05, 3.63) is 111 Å². The van der Waals surface area contributed by atoms with Crippen LogP contribution in [-0.4, -0.2) is 45.3 Å². The highest BCUT2D eigenvalue weighted by atomic mass is 79.9. The molecule has 0 fully saturated rings. The van der Waals surface area contributed by atoms with Gasteiger partial charge in [0, 0.05) is 26.9 Å². The van der Waals surface area contributed by atoms with Crippen LogP contribution in [0.5, 0.6) is 23.0 Å². The van der Waals surface area contributed by atoms with Crippen LogP contribution in [0.25, 0.3) is 0 Å². The fraction of sp³-hybridized carbons (Fsp3) is 0.125. The maximum atomic E-state index is 13.0. The Bertz CT molecular complexity index is 1660. The van der Waals surface area contributed by atoms with Crippen molar-refractivity contribution in [1.29, 1.82) is 0 Å². The molecule has 10 nitrogen and oxygen atoms in total. The van der Waals surface area contributed by atoms with Gasteiger partial charge in [0.2, 0.25) is 5.75 Å². The molecular formula is C32H28BrN3O7. The molecule has 0 bridgehead atoms. The number of hydrogen-bond donors (Lipinski definition) is 2. The van der Waals surface area contributed by atoms with E-state index in [0.29, 0.717) is 44.1 Å². The smallest absolute Gasteiger partial charge is 0.343 e. The zero-order chi connectivity index (χ0) is 30.9. The fourth-order valence-corrected chi connectivity index (χ4v) is 4.37. The van der Waals surface area contributed by atoms with Crippen molar-refractivity contribution in [3.63, 3.8) is 0 Å². The van der Waals surface area contributed by atoms with E-state index >= 15 is 0 Å². The number of aryl methyl sites for hydroxylation is 1. The van der Waals surface area contributed by atoms with Crippen LogP contribution in [0, 0.1) is 6.92 Å². The zero-order valence-corrected chi connectivity index (χ0v) is 25.4. The summed E-state index contributed by atoms with van der Waals surface area (Å²) in [5.74, 6) is -0.245. The summed E-state index contributed by atoms with van der Waals surface area (Å²) in [6.45, 7) is 1.91. The van der Waals surface area contributed by atoms with Gasteiger partial charge in [0.25, 0.3) is 11.8 Å².